The maximum absolute atomic E-state index is 13.1. The molecule has 8 heteroatoms. The minimum Gasteiger partial charge on any atom is -0.345 e. The number of aryl methyl sites for hydroxylation is 1. The fraction of sp³-hybridized carbons (Fsp3) is 0.235. The normalized spacial score (nSPS) is 13.0. The molecule has 2 aromatic heterocycles. The first-order chi connectivity index (χ1) is 11.8. The van der Waals surface area contributed by atoms with Crippen LogP contribution in [0.15, 0.2) is 41.1 Å². The van der Waals surface area contributed by atoms with Crippen LogP contribution in [0.4, 0.5) is 13.2 Å². The Morgan fingerprint density at radius 1 is 1.28 bits per heavy atom. The third-order valence-electron chi connectivity index (χ3n) is 3.85. The zero-order valence-corrected chi connectivity index (χ0v) is 13.4. The molecule has 5 nitrogen and oxygen atoms in total. The lowest BCUT2D eigenvalue weighted by Crippen LogP contribution is -2.28. The highest BCUT2D eigenvalue weighted by atomic mass is 19.4. The van der Waals surface area contributed by atoms with Crippen LogP contribution < -0.4 is 5.32 Å². The van der Waals surface area contributed by atoms with E-state index < -0.39 is 23.7 Å². The van der Waals surface area contributed by atoms with Crippen molar-refractivity contribution in [1.82, 2.24) is 15.5 Å². The lowest BCUT2D eigenvalue weighted by Gasteiger charge is -2.19. The molecule has 130 valence electrons. The fourth-order valence-electron chi connectivity index (χ4n) is 2.56. The van der Waals surface area contributed by atoms with Crippen LogP contribution in [0.2, 0.25) is 0 Å². The Morgan fingerprint density at radius 3 is 2.72 bits per heavy atom. The van der Waals surface area contributed by atoms with Gasteiger partial charge in [-0.15, -0.1) is 0 Å². The van der Waals surface area contributed by atoms with Crippen LogP contribution in [0.3, 0.4) is 0 Å². The molecule has 25 heavy (non-hydrogen) atoms. The van der Waals surface area contributed by atoms with Crippen LogP contribution in [0.25, 0.3) is 11.1 Å². The van der Waals surface area contributed by atoms with Crippen molar-refractivity contribution in [3.63, 3.8) is 0 Å². The monoisotopic (exact) mass is 349 g/mol. The standard InChI is InChI=1S/C17H14F3N3O2/c1-9(12-5-3-4-6-14(12)17(18,19)20)22-15(24)11-7-13-10(2)23-25-16(13)21-8-11/h3-9H,1-2H3,(H,22,24). The number of amides is 1. The highest BCUT2D eigenvalue weighted by Crippen LogP contribution is 2.34. The maximum Gasteiger partial charge on any atom is 0.416 e. The van der Waals surface area contributed by atoms with Crippen molar-refractivity contribution in [1.29, 1.82) is 0 Å². The summed E-state index contributed by atoms with van der Waals surface area (Å²) in [5.74, 6) is -0.528. The minimum atomic E-state index is -4.49. The smallest absolute Gasteiger partial charge is 0.345 e. The van der Waals surface area contributed by atoms with E-state index in [4.69, 9.17) is 4.52 Å². The number of halogens is 3. The van der Waals surface area contributed by atoms with Crippen LogP contribution in [-0.4, -0.2) is 16.0 Å². The number of nitrogens with one attached hydrogen (secondary N) is 1. The highest BCUT2D eigenvalue weighted by molar-refractivity contribution is 5.97. The van der Waals surface area contributed by atoms with E-state index in [9.17, 15) is 18.0 Å². The van der Waals surface area contributed by atoms with Crippen molar-refractivity contribution in [2.45, 2.75) is 26.1 Å². The number of fused-ring (bicyclic) bond motifs is 1. The number of carbonyl (C=O) groups is 1. The predicted octanol–water partition coefficient (Wildman–Crippen LogP) is 4.04. The predicted molar refractivity (Wildman–Crippen MR) is 83.9 cm³/mol. The molecule has 0 aliphatic rings. The molecule has 1 aromatic carbocycles. The van der Waals surface area contributed by atoms with E-state index in [1.165, 1.54) is 31.3 Å². The lowest BCUT2D eigenvalue weighted by molar-refractivity contribution is -0.138. The average Bonchev–Trinajstić information content (AvgIpc) is 2.94. The molecule has 3 aromatic rings. The van der Waals surface area contributed by atoms with Crippen molar-refractivity contribution >= 4 is 17.0 Å². The quantitative estimate of drug-likeness (QED) is 0.775. The van der Waals surface area contributed by atoms with Crippen molar-refractivity contribution in [2.24, 2.45) is 0 Å². The Balaban J connectivity index is 1.86. The van der Waals surface area contributed by atoms with Gasteiger partial charge in [-0.1, -0.05) is 23.4 Å². The van der Waals surface area contributed by atoms with E-state index in [1.807, 2.05) is 0 Å². The summed E-state index contributed by atoms with van der Waals surface area (Å²) < 4.78 is 44.3. The molecule has 1 atom stereocenters. The molecule has 0 bridgehead atoms. The zero-order valence-electron chi connectivity index (χ0n) is 13.4. The molecule has 0 spiro atoms. The van der Waals surface area contributed by atoms with Crippen molar-refractivity contribution < 1.29 is 22.5 Å². The van der Waals surface area contributed by atoms with Gasteiger partial charge in [0.25, 0.3) is 11.6 Å². The van der Waals surface area contributed by atoms with Gasteiger partial charge in [0.15, 0.2) is 0 Å². The van der Waals surface area contributed by atoms with Gasteiger partial charge in [-0.25, -0.2) is 4.98 Å². The third-order valence-corrected chi connectivity index (χ3v) is 3.85. The fourth-order valence-corrected chi connectivity index (χ4v) is 2.56. The van der Waals surface area contributed by atoms with E-state index in [-0.39, 0.29) is 11.1 Å². The molecule has 2 heterocycles. The number of pyridine rings is 1. The Kier molecular flexibility index (Phi) is 4.20. The number of hydrogen-bond donors (Lipinski definition) is 1. The van der Waals surface area contributed by atoms with Crippen LogP contribution in [0.5, 0.6) is 0 Å². The molecular formula is C17H14F3N3O2. The van der Waals surface area contributed by atoms with Gasteiger partial charge in [0, 0.05) is 6.20 Å². The van der Waals surface area contributed by atoms with E-state index in [0.717, 1.165) is 6.07 Å². The molecule has 1 amide bonds. The second-order valence-corrected chi connectivity index (χ2v) is 5.62. The lowest BCUT2D eigenvalue weighted by atomic mass is 10.0. The summed E-state index contributed by atoms with van der Waals surface area (Å²) in [4.78, 5) is 16.4. The molecule has 1 unspecified atom stereocenters. The topological polar surface area (TPSA) is 68.0 Å². The molecule has 0 aliphatic heterocycles. The van der Waals surface area contributed by atoms with Gasteiger partial charge in [-0.3, -0.25) is 4.79 Å². The number of alkyl halides is 3. The molecule has 0 saturated heterocycles. The van der Waals surface area contributed by atoms with Gasteiger partial charge >= 0.3 is 6.18 Å². The number of carbonyl (C=O) groups excluding carboxylic acids is 1. The van der Waals surface area contributed by atoms with Crippen LogP contribution in [-0.2, 0) is 6.18 Å². The molecule has 0 fully saturated rings. The molecule has 1 N–H and O–H groups in total. The summed E-state index contributed by atoms with van der Waals surface area (Å²) in [5, 5.41) is 6.90. The maximum atomic E-state index is 13.1. The highest BCUT2D eigenvalue weighted by Gasteiger charge is 2.34. The summed E-state index contributed by atoms with van der Waals surface area (Å²) in [5.41, 5.74) is 0.317. The molecule has 0 saturated carbocycles. The Morgan fingerprint density at radius 2 is 2.00 bits per heavy atom. The van der Waals surface area contributed by atoms with E-state index >= 15 is 0 Å². The first-order valence-electron chi connectivity index (χ1n) is 7.46. The zero-order chi connectivity index (χ0) is 18.2. The van der Waals surface area contributed by atoms with Crippen molar-refractivity contribution in [3.05, 3.63) is 58.9 Å². The summed E-state index contributed by atoms with van der Waals surface area (Å²) in [7, 11) is 0. The van der Waals surface area contributed by atoms with Gasteiger partial charge in [0.1, 0.15) is 0 Å². The van der Waals surface area contributed by atoms with Gasteiger partial charge in [0.2, 0.25) is 0 Å². The second kappa shape index (κ2) is 6.19. The number of aromatic nitrogens is 2. The number of hydrogen-bond acceptors (Lipinski definition) is 4. The number of nitrogens with zero attached hydrogens (tertiary/aromatic N) is 2. The molecule has 0 aliphatic carbocycles. The van der Waals surface area contributed by atoms with Gasteiger partial charge in [0.05, 0.1) is 28.2 Å². The van der Waals surface area contributed by atoms with Gasteiger partial charge in [-0.2, -0.15) is 13.2 Å². The summed E-state index contributed by atoms with van der Waals surface area (Å²) in [6, 6.07) is 5.87. The first kappa shape index (κ1) is 16.9. The third kappa shape index (κ3) is 3.33. The van der Waals surface area contributed by atoms with Crippen molar-refractivity contribution in [3.8, 4) is 0 Å². The Labute approximate surface area is 140 Å². The Bertz CT molecular complexity index is 934. The van der Waals surface area contributed by atoms with Gasteiger partial charge in [-0.05, 0) is 31.5 Å². The molecule has 3 rings (SSSR count). The summed E-state index contributed by atoms with van der Waals surface area (Å²) in [6.07, 6.45) is -3.19. The minimum absolute atomic E-state index is 0.00135. The van der Waals surface area contributed by atoms with Crippen LogP contribution in [0, 0.1) is 6.92 Å². The average molecular weight is 349 g/mol. The second-order valence-electron chi connectivity index (χ2n) is 5.62. The first-order valence-corrected chi connectivity index (χ1v) is 7.46. The Hall–Kier alpha value is -2.90. The molecule has 0 radical (unpaired) electrons. The summed E-state index contributed by atoms with van der Waals surface area (Å²) in [6.45, 7) is 3.20. The van der Waals surface area contributed by atoms with Crippen molar-refractivity contribution in [2.75, 3.05) is 0 Å². The van der Waals surface area contributed by atoms with E-state index in [0.29, 0.717) is 16.8 Å². The summed E-state index contributed by atoms with van der Waals surface area (Å²) >= 11 is 0. The van der Waals surface area contributed by atoms with Crippen LogP contribution in [0.1, 0.15) is 40.1 Å². The van der Waals surface area contributed by atoms with Gasteiger partial charge < -0.3 is 9.84 Å². The number of benzene rings is 1. The molecular weight excluding hydrogens is 335 g/mol. The largest absolute Gasteiger partial charge is 0.416 e. The van der Waals surface area contributed by atoms with Crippen LogP contribution >= 0.6 is 0 Å². The van der Waals surface area contributed by atoms with E-state index in [1.54, 1.807) is 13.0 Å². The number of rotatable bonds is 3. The SMILES string of the molecule is Cc1noc2ncc(C(=O)NC(C)c3ccccc3C(F)(F)F)cc12. The van der Waals surface area contributed by atoms with E-state index in [2.05, 4.69) is 15.5 Å².